The second-order valence-electron chi connectivity index (χ2n) is 11.0. The Hall–Kier alpha value is -2.39. The molecule has 0 bridgehead atoms. The predicted molar refractivity (Wildman–Crippen MR) is 173 cm³/mol. The van der Waals surface area contributed by atoms with E-state index in [-0.39, 0.29) is 35.1 Å². The Labute approximate surface area is 274 Å². The van der Waals surface area contributed by atoms with Gasteiger partial charge in [-0.15, -0.1) is 11.3 Å². The van der Waals surface area contributed by atoms with E-state index in [9.17, 15) is 9.90 Å². The second-order valence-corrected chi connectivity index (χ2v) is 12.1. The molecule has 42 heavy (non-hydrogen) atoms. The third kappa shape index (κ3) is 7.57. The predicted octanol–water partition coefficient (Wildman–Crippen LogP) is 6.16. The summed E-state index contributed by atoms with van der Waals surface area (Å²) >= 11 is 1.71. The van der Waals surface area contributed by atoms with Crippen LogP contribution in [-0.4, -0.2) is 103 Å². The van der Waals surface area contributed by atoms with Crippen LogP contribution in [0.5, 0.6) is 11.5 Å². The van der Waals surface area contributed by atoms with Crippen LogP contribution in [0, 0.1) is 0 Å². The normalized spacial score (nSPS) is 15.6. The number of aromatic carboxylic acids is 1. The standard InChI is InChI=1S/C34H38N2O4S.Na.H/c37-34(38)30-24-26(11-14-31(30)40-22-20-36-17-5-6-18-36)33-29(28-7-1-2-8-32(28)41-33)23-25-9-12-27(13-10-25)39-21-19-35-15-3-4-16-35;;/h1-2,7-14,24H,3-6,15-23H2,(H,37,38);;. The van der Waals surface area contributed by atoms with Crippen molar-refractivity contribution >= 4 is 56.9 Å². The molecule has 6 nitrogen and oxygen atoms in total. The Morgan fingerprint density at radius 3 is 2.12 bits per heavy atom. The average Bonchev–Trinajstić information content (AvgIpc) is 3.77. The first kappa shape index (κ1) is 31.0. The van der Waals surface area contributed by atoms with E-state index in [0.717, 1.165) is 48.8 Å². The van der Waals surface area contributed by atoms with E-state index in [4.69, 9.17) is 9.47 Å². The zero-order valence-corrected chi connectivity index (χ0v) is 24.3. The number of hydrogen-bond donors (Lipinski definition) is 1. The number of carboxylic acid groups (broad SMARTS) is 1. The minimum atomic E-state index is -0.967. The van der Waals surface area contributed by atoms with Gasteiger partial charge in [-0.1, -0.05) is 30.3 Å². The van der Waals surface area contributed by atoms with Crippen LogP contribution in [0.25, 0.3) is 20.5 Å². The molecule has 216 valence electrons. The van der Waals surface area contributed by atoms with Crippen molar-refractivity contribution in [3.63, 3.8) is 0 Å². The summed E-state index contributed by atoms with van der Waals surface area (Å²) < 4.78 is 13.2. The first-order chi connectivity index (χ1) is 20.1. The molecule has 0 unspecified atom stereocenters. The van der Waals surface area contributed by atoms with Gasteiger partial charge in [0.2, 0.25) is 0 Å². The molecule has 0 aliphatic carbocycles. The molecule has 3 aromatic carbocycles. The van der Waals surface area contributed by atoms with Crippen molar-refractivity contribution < 1.29 is 19.4 Å². The summed E-state index contributed by atoms with van der Waals surface area (Å²) in [7, 11) is 0. The van der Waals surface area contributed by atoms with Gasteiger partial charge in [-0.25, -0.2) is 4.79 Å². The SMILES string of the molecule is O=C(O)c1cc(-c2sc3ccccc3c2Cc2ccc(OCCN3CCCC3)cc2)ccc1OCCN1CCCC1.[NaH]. The van der Waals surface area contributed by atoms with Crippen LogP contribution in [0.3, 0.4) is 0 Å². The molecule has 0 saturated carbocycles. The van der Waals surface area contributed by atoms with Crippen molar-refractivity contribution in [2.24, 2.45) is 0 Å². The van der Waals surface area contributed by atoms with Gasteiger partial charge < -0.3 is 14.6 Å². The van der Waals surface area contributed by atoms with E-state index in [1.54, 1.807) is 17.4 Å². The van der Waals surface area contributed by atoms with Crippen molar-refractivity contribution in [3.8, 4) is 21.9 Å². The molecule has 3 heterocycles. The van der Waals surface area contributed by atoms with Gasteiger partial charge >= 0.3 is 35.5 Å². The van der Waals surface area contributed by atoms with Crippen molar-refractivity contribution in [2.45, 2.75) is 32.1 Å². The molecular weight excluding hydrogens is 555 g/mol. The molecular formula is C34H39N2NaO4S. The molecule has 0 radical (unpaired) electrons. The fourth-order valence-electron chi connectivity index (χ4n) is 5.97. The molecule has 2 aliphatic rings. The monoisotopic (exact) mass is 594 g/mol. The molecule has 0 spiro atoms. The van der Waals surface area contributed by atoms with E-state index in [1.807, 2.05) is 12.1 Å². The molecule has 1 aromatic heterocycles. The average molecular weight is 595 g/mol. The van der Waals surface area contributed by atoms with Crippen molar-refractivity contribution in [2.75, 3.05) is 52.5 Å². The van der Waals surface area contributed by atoms with Crippen molar-refractivity contribution in [1.82, 2.24) is 9.80 Å². The number of rotatable bonds is 12. The molecule has 0 atom stereocenters. The van der Waals surface area contributed by atoms with Crippen molar-refractivity contribution in [1.29, 1.82) is 0 Å². The molecule has 0 amide bonds. The fraction of sp³-hybridized carbons (Fsp3) is 0.382. The van der Waals surface area contributed by atoms with Gasteiger partial charge in [-0.2, -0.15) is 0 Å². The van der Waals surface area contributed by atoms with Gasteiger partial charge in [0.15, 0.2) is 0 Å². The Morgan fingerprint density at radius 1 is 0.810 bits per heavy atom. The number of nitrogens with zero attached hydrogens (tertiary/aromatic N) is 2. The summed E-state index contributed by atoms with van der Waals surface area (Å²) in [5, 5.41) is 11.2. The van der Waals surface area contributed by atoms with Crippen molar-refractivity contribution in [3.05, 3.63) is 83.4 Å². The zero-order valence-electron chi connectivity index (χ0n) is 23.5. The summed E-state index contributed by atoms with van der Waals surface area (Å²) in [5.41, 5.74) is 3.53. The number of hydrogen-bond acceptors (Lipinski definition) is 6. The third-order valence-electron chi connectivity index (χ3n) is 8.21. The first-order valence-electron chi connectivity index (χ1n) is 14.8. The number of carboxylic acids is 1. The number of carbonyl (C=O) groups is 1. The summed E-state index contributed by atoms with van der Waals surface area (Å²) in [4.78, 5) is 18.2. The maximum atomic E-state index is 12.3. The second kappa shape index (κ2) is 14.9. The summed E-state index contributed by atoms with van der Waals surface area (Å²) in [5.74, 6) is 0.365. The van der Waals surface area contributed by atoms with Crippen LogP contribution in [0.1, 0.15) is 47.2 Å². The molecule has 6 rings (SSSR count). The van der Waals surface area contributed by atoms with Gasteiger partial charge in [0, 0.05) is 22.7 Å². The first-order valence-corrected chi connectivity index (χ1v) is 15.6. The van der Waals surface area contributed by atoms with Gasteiger partial charge in [0.05, 0.1) is 0 Å². The van der Waals surface area contributed by atoms with Gasteiger partial charge in [-0.3, -0.25) is 9.80 Å². The van der Waals surface area contributed by atoms with Gasteiger partial charge in [0.1, 0.15) is 30.3 Å². The summed E-state index contributed by atoms with van der Waals surface area (Å²) in [6, 6.07) is 22.4. The van der Waals surface area contributed by atoms with Crippen LogP contribution < -0.4 is 9.47 Å². The molecule has 2 fully saturated rings. The Morgan fingerprint density at radius 2 is 1.45 bits per heavy atom. The van der Waals surface area contributed by atoms with Crippen LogP contribution >= 0.6 is 11.3 Å². The number of thiophene rings is 1. The molecule has 2 aliphatic heterocycles. The molecule has 8 heteroatoms. The number of fused-ring (bicyclic) bond motifs is 1. The van der Waals surface area contributed by atoms with Crippen LogP contribution in [-0.2, 0) is 6.42 Å². The number of likely N-dealkylation sites (tertiary alicyclic amines) is 2. The van der Waals surface area contributed by atoms with Crippen LogP contribution in [0.15, 0.2) is 66.7 Å². The van der Waals surface area contributed by atoms with E-state index >= 15 is 0 Å². The number of benzene rings is 3. The Bertz CT molecular complexity index is 1480. The van der Waals surface area contributed by atoms with Crippen LogP contribution in [0.2, 0.25) is 0 Å². The molecule has 2 saturated heterocycles. The molecule has 1 N–H and O–H groups in total. The van der Waals surface area contributed by atoms with Crippen LogP contribution in [0.4, 0.5) is 0 Å². The Kier molecular flexibility index (Phi) is 11.0. The van der Waals surface area contributed by atoms with E-state index < -0.39 is 5.97 Å². The topological polar surface area (TPSA) is 62.2 Å². The number of ether oxygens (including phenoxy) is 2. The third-order valence-corrected chi connectivity index (χ3v) is 9.48. The zero-order chi connectivity index (χ0) is 28.0. The van der Waals surface area contributed by atoms with E-state index in [0.29, 0.717) is 19.0 Å². The molecule has 4 aromatic rings. The fourth-order valence-corrected chi connectivity index (χ4v) is 7.19. The quantitative estimate of drug-likeness (QED) is 0.198. The summed E-state index contributed by atoms with van der Waals surface area (Å²) in [6.07, 6.45) is 5.79. The minimum absolute atomic E-state index is 0. The van der Waals surface area contributed by atoms with E-state index in [1.165, 1.54) is 60.0 Å². The Balaban J connectivity index is 0.00000353. The van der Waals surface area contributed by atoms with Gasteiger partial charge in [0.25, 0.3) is 0 Å². The van der Waals surface area contributed by atoms with E-state index in [2.05, 4.69) is 58.3 Å². The maximum absolute atomic E-state index is 12.3. The van der Waals surface area contributed by atoms with Gasteiger partial charge in [-0.05, 0) is 117 Å². The summed E-state index contributed by atoms with van der Waals surface area (Å²) in [6.45, 7) is 7.56.